The van der Waals surface area contributed by atoms with E-state index >= 15 is 0 Å². The second-order valence-electron chi connectivity index (χ2n) is 7.01. The molecule has 1 aromatic carbocycles. The highest BCUT2D eigenvalue weighted by Crippen LogP contribution is 2.27. The quantitative estimate of drug-likeness (QED) is 0.900. The van der Waals surface area contributed by atoms with Crippen LogP contribution in [0.2, 0.25) is 0 Å². The van der Waals surface area contributed by atoms with Crippen molar-refractivity contribution in [3.8, 4) is 0 Å². The van der Waals surface area contributed by atoms with E-state index in [-0.39, 0.29) is 0 Å². The van der Waals surface area contributed by atoms with Crippen LogP contribution in [0.4, 0.5) is 0 Å². The second kappa shape index (κ2) is 7.42. The number of nitrogens with one attached hydrogen (secondary N) is 1. The van der Waals surface area contributed by atoms with Crippen molar-refractivity contribution in [2.24, 2.45) is 5.92 Å². The van der Waals surface area contributed by atoms with E-state index in [1.165, 1.54) is 50.6 Å². The molecule has 0 aromatic heterocycles. The van der Waals surface area contributed by atoms with Crippen molar-refractivity contribution in [1.29, 1.82) is 0 Å². The Morgan fingerprint density at radius 3 is 2.62 bits per heavy atom. The van der Waals surface area contributed by atoms with Crippen LogP contribution < -0.4 is 5.32 Å². The lowest BCUT2D eigenvalue weighted by Crippen LogP contribution is -2.51. The van der Waals surface area contributed by atoms with Gasteiger partial charge in [-0.15, -0.1) is 0 Å². The maximum absolute atomic E-state index is 3.71. The minimum atomic E-state index is 0.508. The van der Waals surface area contributed by atoms with Gasteiger partial charge < -0.3 is 5.32 Å². The third-order valence-electron chi connectivity index (χ3n) is 5.45. The molecular weight excluding hydrogens is 256 g/mol. The molecule has 2 atom stereocenters. The Labute approximate surface area is 129 Å². The molecule has 2 unspecified atom stereocenters. The minimum Gasteiger partial charge on any atom is -0.307 e. The molecule has 1 aliphatic carbocycles. The summed E-state index contributed by atoms with van der Waals surface area (Å²) in [6.07, 6.45) is 8.76. The van der Waals surface area contributed by atoms with Crippen LogP contribution in [0.3, 0.4) is 0 Å². The number of hydrogen-bond acceptors (Lipinski definition) is 2. The Hall–Kier alpha value is -0.860. The van der Waals surface area contributed by atoms with Crippen LogP contribution >= 0.6 is 0 Å². The maximum atomic E-state index is 3.71. The van der Waals surface area contributed by atoms with E-state index in [0.29, 0.717) is 12.1 Å². The van der Waals surface area contributed by atoms with E-state index in [9.17, 15) is 0 Å². The molecule has 2 aliphatic rings. The van der Waals surface area contributed by atoms with Crippen molar-refractivity contribution < 1.29 is 0 Å². The Morgan fingerprint density at radius 2 is 1.86 bits per heavy atom. The molecule has 1 aromatic rings. The van der Waals surface area contributed by atoms with Gasteiger partial charge in [-0.05, 0) is 31.4 Å². The van der Waals surface area contributed by atoms with Gasteiger partial charge in [0, 0.05) is 25.2 Å². The summed E-state index contributed by atoms with van der Waals surface area (Å²) in [5.74, 6) is 0.996. The number of hydrogen-bond donors (Lipinski definition) is 1. The van der Waals surface area contributed by atoms with Crippen LogP contribution in [0.1, 0.15) is 57.1 Å². The molecular formula is C19H30N2. The average molecular weight is 286 g/mol. The largest absolute Gasteiger partial charge is 0.307 e. The highest BCUT2D eigenvalue weighted by atomic mass is 15.2. The smallest absolute Gasteiger partial charge is 0.0449 e. The van der Waals surface area contributed by atoms with Gasteiger partial charge in [-0.25, -0.2) is 0 Å². The summed E-state index contributed by atoms with van der Waals surface area (Å²) in [4.78, 5) is 2.71. The van der Waals surface area contributed by atoms with Gasteiger partial charge in [0.1, 0.15) is 0 Å². The predicted octanol–water partition coefficient (Wildman–Crippen LogP) is 3.99. The Morgan fingerprint density at radius 1 is 1.10 bits per heavy atom. The third-order valence-corrected chi connectivity index (χ3v) is 5.45. The van der Waals surface area contributed by atoms with Gasteiger partial charge in [-0.2, -0.15) is 0 Å². The van der Waals surface area contributed by atoms with Gasteiger partial charge in [0.15, 0.2) is 0 Å². The Balaban J connectivity index is 1.53. The Kier molecular flexibility index (Phi) is 5.32. The number of piperazine rings is 1. The Bertz CT molecular complexity index is 411. The third kappa shape index (κ3) is 4.08. The lowest BCUT2D eigenvalue weighted by atomic mass is 9.86. The van der Waals surface area contributed by atoms with Crippen molar-refractivity contribution in [3.63, 3.8) is 0 Å². The van der Waals surface area contributed by atoms with Crippen LogP contribution in [-0.4, -0.2) is 30.6 Å². The minimum absolute atomic E-state index is 0.508. The zero-order valence-electron chi connectivity index (χ0n) is 13.4. The van der Waals surface area contributed by atoms with E-state index in [1.807, 2.05) is 0 Å². The molecule has 1 heterocycles. The molecule has 1 N–H and O–H groups in total. The van der Waals surface area contributed by atoms with E-state index in [4.69, 9.17) is 0 Å². The average Bonchev–Trinajstić information content (AvgIpc) is 2.56. The maximum Gasteiger partial charge on any atom is 0.0449 e. The lowest BCUT2D eigenvalue weighted by molar-refractivity contribution is 0.128. The highest BCUT2D eigenvalue weighted by molar-refractivity contribution is 5.20. The van der Waals surface area contributed by atoms with Crippen LogP contribution in [0.25, 0.3) is 0 Å². The molecule has 116 valence electrons. The van der Waals surface area contributed by atoms with Crippen molar-refractivity contribution in [2.45, 2.75) is 57.5 Å². The first-order chi connectivity index (χ1) is 10.3. The fourth-order valence-electron chi connectivity index (χ4n) is 3.97. The fraction of sp³-hybridized carbons (Fsp3) is 0.684. The predicted molar refractivity (Wildman–Crippen MR) is 89.4 cm³/mol. The highest BCUT2D eigenvalue weighted by Gasteiger charge is 2.26. The number of benzene rings is 1. The van der Waals surface area contributed by atoms with Crippen molar-refractivity contribution in [1.82, 2.24) is 10.2 Å². The van der Waals surface area contributed by atoms with Gasteiger partial charge in [0.05, 0.1) is 0 Å². The van der Waals surface area contributed by atoms with Crippen LogP contribution in [0.5, 0.6) is 0 Å². The van der Waals surface area contributed by atoms with Gasteiger partial charge >= 0.3 is 0 Å². The van der Waals surface area contributed by atoms with E-state index in [2.05, 4.69) is 47.5 Å². The van der Waals surface area contributed by atoms with Crippen LogP contribution in [0.15, 0.2) is 30.3 Å². The molecule has 0 amide bonds. The number of nitrogens with zero attached hydrogens (tertiary/aromatic N) is 1. The molecule has 0 bridgehead atoms. The van der Waals surface area contributed by atoms with E-state index in [0.717, 1.165) is 19.0 Å². The molecule has 2 nitrogen and oxygen atoms in total. The van der Waals surface area contributed by atoms with Gasteiger partial charge in [0.2, 0.25) is 0 Å². The monoisotopic (exact) mass is 286 g/mol. The van der Waals surface area contributed by atoms with Crippen LogP contribution in [0, 0.1) is 5.92 Å². The van der Waals surface area contributed by atoms with Crippen molar-refractivity contribution in [3.05, 3.63) is 35.9 Å². The zero-order chi connectivity index (χ0) is 14.5. The first-order valence-electron chi connectivity index (χ1n) is 8.85. The number of rotatable bonds is 4. The topological polar surface area (TPSA) is 15.3 Å². The standard InChI is InChI=1S/C19H30N2/c1-16-14-20-19(18-10-6-3-7-11-18)15-21(16)13-12-17-8-4-2-5-9-17/h3,6-7,10-11,16-17,19-20H,2,4-5,8-9,12-15H2,1H3. The zero-order valence-corrected chi connectivity index (χ0v) is 13.4. The summed E-state index contributed by atoms with van der Waals surface area (Å²) in [5.41, 5.74) is 1.44. The van der Waals surface area contributed by atoms with Crippen LogP contribution in [-0.2, 0) is 0 Å². The molecule has 0 radical (unpaired) electrons. The fourth-order valence-corrected chi connectivity index (χ4v) is 3.97. The molecule has 0 spiro atoms. The summed E-state index contributed by atoms with van der Waals surface area (Å²) in [7, 11) is 0. The van der Waals surface area contributed by atoms with E-state index in [1.54, 1.807) is 0 Å². The molecule has 1 saturated carbocycles. The van der Waals surface area contributed by atoms with Gasteiger partial charge in [0.25, 0.3) is 0 Å². The SMILES string of the molecule is CC1CNC(c2ccccc2)CN1CCC1CCCCC1. The second-order valence-corrected chi connectivity index (χ2v) is 7.01. The summed E-state index contributed by atoms with van der Waals surface area (Å²) in [6.45, 7) is 5.94. The van der Waals surface area contributed by atoms with E-state index < -0.39 is 0 Å². The molecule has 1 saturated heterocycles. The molecule has 21 heavy (non-hydrogen) atoms. The lowest BCUT2D eigenvalue weighted by Gasteiger charge is -2.40. The van der Waals surface area contributed by atoms with Gasteiger partial charge in [-0.3, -0.25) is 4.90 Å². The molecule has 3 rings (SSSR count). The first kappa shape index (κ1) is 15.1. The van der Waals surface area contributed by atoms with Crippen molar-refractivity contribution in [2.75, 3.05) is 19.6 Å². The van der Waals surface area contributed by atoms with Crippen molar-refractivity contribution >= 4 is 0 Å². The summed E-state index contributed by atoms with van der Waals surface area (Å²) in [5, 5.41) is 3.71. The summed E-state index contributed by atoms with van der Waals surface area (Å²) < 4.78 is 0. The molecule has 1 aliphatic heterocycles. The first-order valence-corrected chi connectivity index (χ1v) is 8.85. The molecule has 2 fully saturated rings. The van der Waals surface area contributed by atoms with Gasteiger partial charge in [-0.1, -0.05) is 62.4 Å². The summed E-state index contributed by atoms with van der Waals surface area (Å²) in [6, 6.07) is 12.1. The normalized spacial score (nSPS) is 28.6. The summed E-state index contributed by atoms with van der Waals surface area (Å²) >= 11 is 0. The molecule has 2 heteroatoms.